The molecule has 0 aliphatic carbocycles. The van der Waals surface area contributed by atoms with Crippen molar-refractivity contribution in [3.8, 4) is 0 Å². The number of para-hydroxylation sites is 1. The van der Waals surface area contributed by atoms with Gasteiger partial charge in [-0.1, -0.05) is 64.4 Å². The number of ketones is 1. The highest BCUT2D eigenvalue weighted by Crippen LogP contribution is 2.25. The van der Waals surface area contributed by atoms with Crippen LogP contribution in [-0.2, 0) is 17.9 Å². The van der Waals surface area contributed by atoms with Gasteiger partial charge in [0.1, 0.15) is 18.3 Å². The Kier molecular flexibility index (Phi) is 8.68. The summed E-state index contributed by atoms with van der Waals surface area (Å²) in [6.45, 7) is 5.51. The lowest BCUT2D eigenvalue weighted by Crippen LogP contribution is -2.07. The van der Waals surface area contributed by atoms with Gasteiger partial charge in [-0.15, -0.1) is 0 Å². The molecule has 35 heavy (non-hydrogen) atoms. The van der Waals surface area contributed by atoms with Crippen molar-refractivity contribution >= 4 is 25.9 Å². The van der Waals surface area contributed by atoms with Crippen molar-refractivity contribution in [1.82, 2.24) is 4.57 Å². The molecular weight excluding hydrogens is 477 g/mol. The van der Waals surface area contributed by atoms with Crippen molar-refractivity contribution in [1.29, 1.82) is 0 Å². The molecule has 1 heterocycles. The zero-order valence-electron chi connectivity index (χ0n) is 19.2. The number of ether oxygens (including phenoxy) is 1. The van der Waals surface area contributed by atoms with Crippen LogP contribution in [0.5, 0.6) is 0 Å². The van der Waals surface area contributed by atoms with Crippen molar-refractivity contribution < 1.29 is 27.1 Å². The molecule has 0 amide bonds. The van der Waals surface area contributed by atoms with Crippen LogP contribution >= 0.6 is 9.24 Å². The minimum Gasteiger partial charge on any atom is -0.489 e. The molecule has 0 saturated heterocycles. The number of nitrogens with zero attached hydrogens (tertiary/aromatic N) is 1. The van der Waals surface area contributed by atoms with Gasteiger partial charge in [0.25, 0.3) is 0 Å². The largest absolute Gasteiger partial charge is 0.489 e. The van der Waals surface area contributed by atoms with Gasteiger partial charge >= 0.3 is 6.18 Å². The highest BCUT2D eigenvalue weighted by atomic mass is 31.0. The van der Waals surface area contributed by atoms with Crippen LogP contribution in [0.1, 0.15) is 35.0 Å². The smallest absolute Gasteiger partial charge is 0.392 e. The first-order valence-electron chi connectivity index (χ1n) is 10.9. The number of aromatic nitrogens is 1. The van der Waals surface area contributed by atoms with E-state index in [0.717, 1.165) is 28.1 Å². The zero-order chi connectivity index (χ0) is 25.6. The van der Waals surface area contributed by atoms with E-state index in [1.165, 1.54) is 19.1 Å². The lowest BCUT2D eigenvalue weighted by Gasteiger charge is -2.12. The SMILES string of the molecule is C=C/C(=C\C(=C/CC(F)(F)F)OCc1ccc(Cn2c(C(C)=O)cc3ccccc32)cc1)C(F)P. The number of carbonyl (C=O) groups is 1. The Bertz CT molecular complexity index is 1250. The molecule has 0 fully saturated rings. The van der Waals surface area contributed by atoms with Crippen LogP contribution < -0.4 is 0 Å². The summed E-state index contributed by atoms with van der Waals surface area (Å²) in [7, 11) is 1.93. The lowest BCUT2D eigenvalue weighted by molar-refractivity contribution is -0.125. The first-order chi connectivity index (χ1) is 16.6. The van der Waals surface area contributed by atoms with E-state index in [1.54, 1.807) is 0 Å². The van der Waals surface area contributed by atoms with Gasteiger partial charge in [-0.3, -0.25) is 4.79 Å². The molecule has 2 atom stereocenters. The number of rotatable bonds is 10. The lowest BCUT2D eigenvalue weighted by atomic mass is 10.1. The summed E-state index contributed by atoms with van der Waals surface area (Å²) in [4.78, 5) is 12.1. The van der Waals surface area contributed by atoms with Crippen LogP contribution in [0.4, 0.5) is 17.6 Å². The Morgan fingerprint density at radius 1 is 1.14 bits per heavy atom. The monoisotopic (exact) mass is 503 g/mol. The van der Waals surface area contributed by atoms with Gasteiger partial charge in [0.2, 0.25) is 0 Å². The van der Waals surface area contributed by atoms with Crippen molar-refractivity contribution in [3.63, 3.8) is 0 Å². The first kappa shape index (κ1) is 26.4. The molecule has 0 spiro atoms. The summed E-state index contributed by atoms with van der Waals surface area (Å²) in [5.74, 6) is -1.59. The van der Waals surface area contributed by atoms with Crippen LogP contribution in [0.3, 0.4) is 0 Å². The van der Waals surface area contributed by atoms with Gasteiger partial charge in [0.15, 0.2) is 5.78 Å². The maximum Gasteiger partial charge on any atom is 0.392 e. The third-order valence-corrected chi connectivity index (χ3v) is 5.72. The second kappa shape index (κ2) is 11.5. The number of alkyl halides is 4. The standard InChI is InChI=1S/C27H26F4NO2P/c1-3-21(26(28)35)14-23(12-13-27(29,30)31)34-17-20-10-8-19(9-11-20)16-32-24-7-5-4-6-22(24)15-25(32)18(2)33/h3-12,14-15,26H,1,13,16-17,35H2,2H3/b21-14+,23-12+. The Morgan fingerprint density at radius 3 is 2.40 bits per heavy atom. The molecule has 2 unspecified atom stereocenters. The highest BCUT2D eigenvalue weighted by Gasteiger charge is 2.25. The van der Waals surface area contributed by atoms with Gasteiger partial charge in [-0.2, -0.15) is 13.2 Å². The Balaban J connectivity index is 1.76. The van der Waals surface area contributed by atoms with Crippen LogP contribution in [0.25, 0.3) is 10.9 Å². The van der Waals surface area contributed by atoms with E-state index in [9.17, 15) is 22.4 Å². The van der Waals surface area contributed by atoms with Crippen molar-refractivity contribution in [2.45, 2.75) is 38.6 Å². The molecule has 3 rings (SSSR count). The zero-order valence-corrected chi connectivity index (χ0v) is 20.3. The second-order valence-electron chi connectivity index (χ2n) is 8.01. The number of halogens is 4. The topological polar surface area (TPSA) is 31.2 Å². The molecule has 3 aromatic rings. The summed E-state index contributed by atoms with van der Waals surface area (Å²) >= 11 is 0. The quantitative estimate of drug-likeness (QED) is 0.0942. The van der Waals surface area contributed by atoms with E-state index >= 15 is 0 Å². The molecule has 184 valence electrons. The van der Waals surface area contributed by atoms with E-state index in [0.29, 0.717) is 12.2 Å². The average molecular weight is 503 g/mol. The van der Waals surface area contributed by atoms with Gasteiger partial charge < -0.3 is 9.30 Å². The van der Waals surface area contributed by atoms with E-state index in [1.807, 2.05) is 68.4 Å². The predicted molar refractivity (Wildman–Crippen MR) is 134 cm³/mol. The minimum atomic E-state index is -4.41. The number of hydrogen-bond donors (Lipinski definition) is 0. The van der Waals surface area contributed by atoms with Crippen molar-refractivity contribution in [3.05, 3.63) is 108 Å². The van der Waals surface area contributed by atoms with Crippen molar-refractivity contribution in [2.24, 2.45) is 0 Å². The number of carbonyl (C=O) groups excluding carboxylic acids is 1. The molecule has 2 aromatic carbocycles. The van der Waals surface area contributed by atoms with Crippen LogP contribution in [-0.4, -0.2) is 22.4 Å². The van der Waals surface area contributed by atoms with Crippen molar-refractivity contribution in [2.75, 3.05) is 0 Å². The maximum atomic E-state index is 13.6. The molecule has 0 N–H and O–H groups in total. The summed E-state index contributed by atoms with van der Waals surface area (Å²) < 4.78 is 59.2. The average Bonchev–Trinajstić information content (AvgIpc) is 3.17. The third-order valence-electron chi connectivity index (χ3n) is 5.34. The van der Waals surface area contributed by atoms with Gasteiger partial charge in [-0.25, -0.2) is 4.39 Å². The first-order valence-corrected chi connectivity index (χ1v) is 11.5. The second-order valence-corrected chi connectivity index (χ2v) is 8.60. The third kappa shape index (κ3) is 7.40. The molecular formula is C27H26F4NO2P. The van der Waals surface area contributed by atoms with Gasteiger partial charge in [-0.05, 0) is 41.0 Å². The Morgan fingerprint density at radius 2 is 1.80 bits per heavy atom. The summed E-state index contributed by atoms with van der Waals surface area (Å²) in [6.07, 6.45) is -2.27. The maximum absolute atomic E-state index is 13.6. The Labute approximate surface area is 204 Å². The molecule has 3 nitrogen and oxygen atoms in total. The molecule has 0 saturated carbocycles. The number of fused-ring (bicyclic) bond motifs is 1. The van der Waals surface area contributed by atoms with E-state index in [2.05, 4.69) is 6.58 Å². The van der Waals surface area contributed by atoms with E-state index in [4.69, 9.17) is 4.74 Å². The number of Topliss-reactive ketones (excluding diaryl/α,β-unsaturated/α-hetero) is 1. The fourth-order valence-electron chi connectivity index (χ4n) is 3.55. The molecule has 0 aliphatic heterocycles. The van der Waals surface area contributed by atoms with E-state index in [-0.39, 0.29) is 23.7 Å². The molecule has 0 radical (unpaired) electrons. The summed E-state index contributed by atoms with van der Waals surface area (Å²) in [6, 6.07) is 17.0. The number of benzene rings is 2. The van der Waals surface area contributed by atoms with Gasteiger partial charge in [0.05, 0.1) is 12.1 Å². The van der Waals surface area contributed by atoms with Crippen LogP contribution in [0.15, 0.2) is 90.7 Å². The van der Waals surface area contributed by atoms with Crippen LogP contribution in [0.2, 0.25) is 0 Å². The normalized spacial score (nSPS) is 13.7. The fraction of sp³-hybridized carbons (Fsp3) is 0.222. The summed E-state index contributed by atoms with van der Waals surface area (Å²) in [5, 5.41) is 0.980. The predicted octanol–water partition coefficient (Wildman–Crippen LogP) is 7.53. The molecule has 0 bridgehead atoms. The molecule has 1 aromatic heterocycles. The fourth-order valence-corrected chi connectivity index (χ4v) is 3.79. The number of allylic oxidation sites excluding steroid dienone is 4. The highest BCUT2D eigenvalue weighted by molar-refractivity contribution is 7.17. The van der Waals surface area contributed by atoms with E-state index < -0.39 is 18.5 Å². The summed E-state index contributed by atoms with van der Waals surface area (Å²) in [5.41, 5.74) is 3.34. The van der Waals surface area contributed by atoms with Gasteiger partial charge in [0, 0.05) is 24.4 Å². The van der Waals surface area contributed by atoms with Crippen LogP contribution in [0, 0.1) is 0 Å². The number of hydrogen-bond acceptors (Lipinski definition) is 2. The molecule has 0 aliphatic rings. The minimum absolute atomic E-state index is 0.00382. The molecule has 8 heteroatoms. The Hall–Kier alpha value is -3.18.